The summed E-state index contributed by atoms with van der Waals surface area (Å²) in [4.78, 5) is 30.9. The maximum atomic E-state index is 13.2. The Morgan fingerprint density at radius 1 is 1.06 bits per heavy atom. The number of aromatic amines is 1. The first-order valence-electron chi connectivity index (χ1n) is 11.0. The number of para-hydroxylation sites is 1. The maximum Gasteiger partial charge on any atom is 0.290 e. The Labute approximate surface area is 186 Å². The van der Waals surface area contributed by atoms with E-state index in [2.05, 4.69) is 34.6 Å². The average Bonchev–Trinajstić information content (AvgIpc) is 3.60. The van der Waals surface area contributed by atoms with E-state index >= 15 is 0 Å². The summed E-state index contributed by atoms with van der Waals surface area (Å²) in [6.45, 7) is 1.01. The van der Waals surface area contributed by atoms with Gasteiger partial charge in [0.2, 0.25) is 5.91 Å². The minimum absolute atomic E-state index is 0.00747. The van der Waals surface area contributed by atoms with E-state index in [1.807, 2.05) is 36.5 Å². The van der Waals surface area contributed by atoms with Crippen molar-refractivity contribution in [3.8, 4) is 0 Å². The summed E-state index contributed by atoms with van der Waals surface area (Å²) in [6, 6.07) is 21.2. The van der Waals surface area contributed by atoms with E-state index in [1.165, 1.54) is 6.26 Å². The van der Waals surface area contributed by atoms with Crippen LogP contribution in [-0.2, 0) is 4.79 Å². The molecule has 2 atom stereocenters. The molecule has 6 heteroatoms. The summed E-state index contributed by atoms with van der Waals surface area (Å²) >= 11 is 0. The lowest BCUT2D eigenvalue weighted by molar-refractivity contribution is -0.124. The van der Waals surface area contributed by atoms with Crippen LogP contribution in [0.25, 0.3) is 10.9 Å². The molecule has 6 nitrogen and oxygen atoms in total. The Morgan fingerprint density at radius 3 is 2.69 bits per heavy atom. The molecule has 4 aromatic rings. The van der Waals surface area contributed by atoms with Crippen LogP contribution in [0.15, 0.2) is 83.6 Å². The van der Waals surface area contributed by atoms with E-state index in [1.54, 1.807) is 17.0 Å². The zero-order valence-corrected chi connectivity index (χ0v) is 17.7. The lowest BCUT2D eigenvalue weighted by Gasteiger charge is -2.25. The minimum atomic E-state index is -0.480. The normalized spacial score (nSPS) is 16.9. The number of nitrogens with one attached hydrogen (secondary N) is 2. The number of aromatic nitrogens is 1. The lowest BCUT2D eigenvalue weighted by atomic mass is 9.91. The van der Waals surface area contributed by atoms with Crippen LogP contribution in [0, 0.1) is 0 Å². The molecule has 1 fully saturated rings. The fourth-order valence-electron chi connectivity index (χ4n) is 4.62. The Hall–Kier alpha value is -3.80. The Bertz CT molecular complexity index is 1210. The number of hydrogen-bond acceptors (Lipinski definition) is 3. The van der Waals surface area contributed by atoms with E-state index in [-0.39, 0.29) is 23.5 Å². The third-order valence-corrected chi connectivity index (χ3v) is 6.23. The minimum Gasteiger partial charge on any atom is -0.459 e. The fourth-order valence-corrected chi connectivity index (χ4v) is 4.62. The molecule has 2 aromatic heterocycles. The first kappa shape index (κ1) is 20.1. The molecular weight excluding hydrogens is 402 g/mol. The van der Waals surface area contributed by atoms with Gasteiger partial charge in [-0.15, -0.1) is 0 Å². The maximum absolute atomic E-state index is 13.2. The topological polar surface area (TPSA) is 78.3 Å². The molecule has 0 aliphatic carbocycles. The standard InChI is InChI=1S/C26H25N3O3/c30-25(23-12-6-14-29(23)26(31)24-13-7-15-32-24)28-16-20(18-8-2-1-3-9-18)21-17-27-22-11-5-4-10-19(21)22/h1-5,7-11,13,15,17,20,23,27H,6,12,14,16H2,(H,28,30)/t20-,23+/m1/s1. The van der Waals surface area contributed by atoms with Crippen molar-refractivity contribution in [3.63, 3.8) is 0 Å². The van der Waals surface area contributed by atoms with Gasteiger partial charge in [0.25, 0.3) is 5.91 Å². The molecule has 0 saturated carbocycles. The summed E-state index contributed by atoms with van der Waals surface area (Å²) in [7, 11) is 0. The molecule has 3 heterocycles. The fraction of sp³-hybridized carbons (Fsp3) is 0.231. The molecule has 1 aliphatic rings. The Morgan fingerprint density at radius 2 is 1.88 bits per heavy atom. The smallest absolute Gasteiger partial charge is 0.290 e. The van der Waals surface area contributed by atoms with Crippen molar-refractivity contribution in [3.05, 3.63) is 96.1 Å². The number of amides is 2. The average molecular weight is 428 g/mol. The molecule has 2 amide bonds. The van der Waals surface area contributed by atoms with Crippen LogP contribution in [0.4, 0.5) is 0 Å². The van der Waals surface area contributed by atoms with Crippen molar-refractivity contribution < 1.29 is 14.0 Å². The van der Waals surface area contributed by atoms with E-state index in [0.29, 0.717) is 19.5 Å². The number of benzene rings is 2. The van der Waals surface area contributed by atoms with Crippen molar-refractivity contribution >= 4 is 22.7 Å². The van der Waals surface area contributed by atoms with Gasteiger partial charge in [-0.2, -0.15) is 0 Å². The molecule has 2 aromatic carbocycles. The van der Waals surface area contributed by atoms with Crippen LogP contribution in [0.5, 0.6) is 0 Å². The molecule has 0 spiro atoms. The summed E-state index contributed by atoms with van der Waals surface area (Å²) in [6.07, 6.45) is 4.96. The van der Waals surface area contributed by atoms with Crippen molar-refractivity contribution in [1.82, 2.24) is 15.2 Å². The number of furan rings is 1. The number of rotatable bonds is 6. The van der Waals surface area contributed by atoms with Gasteiger partial charge in [-0.1, -0.05) is 48.5 Å². The number of carbonyl (C=O) groups is 2. The van der Waals surface area contributed by atoms with Gasteiger partial charge in [0, 0.05) is 36.1 Å². The number of nitrogens with zero attached hydrogens (tertiary/aromatic N) is 1. The van der Waals surface area contributed by atoms with Gasteiger partial charge in [-0.3, -0.25) is 9.59 Å². The summed E-state index contributed by atoms with van der Waals surface area (Å²) in [5.41, 5.74) is 3.34. The van der Waals surface area contributed by atoms with Crippen LogP contribution in [-0.4, -0.2) is 40.8 Å². The predicted molar refractivity (Wildman–Crippen MR) is 122 cm³/mol. The third kappa shape index (κ3) is 3.80. The molecular formula is C26H25N3O3. The zero-order valence-electron chi connectivity index (χ0n) is 17.7. The second-order valence-electron chi connectivity index (χ2n) is 8.13. The molecule has 1 saturated heterocycles. The Balaban J connectivity index is 1.36. The van der Waals surface area contributed by atoms with Gasteiger partial charge in [0.05, 0.1) is 6.26 Å². The van der Waals surface area contributed by atoms with Gasteiger partial charge < -0.3 is 19.6 Å². The molecule has 2 N–H and O–H groups in total. The number of hydrogen-bond donors (Lipinski definition) is 2. The first-order chi connectivity index (χ1) is 15.7. The van der Waals surface area contributed by atoms with Crippen molar-refractivity contribution in [2.45, 2.75) is 24.8 Å². The highest BCUT2D eigenvalue weighted by molar-refractivity contribution is 5.96. The van der Waals surface area contributed by atoms with E-state index < -0.39 is 6.04 Å². The molecule has 0 bridgehead atoms. The van der Waals surface area contributed by atoms with Gasteiger partial charge in [-0.25, -0.2) is 0 Å². The van der Waals surface area contributed by atoms with Crippen molar-refractivity contribution in [1.29, 1.82) is 0 Å². The van der Waals surface area contributed by atoms with Gasteiger partial charge in [0.1, 0.15) is 6.04 Å². The third-order valence-electron chi connectivity index (χ3n) is 6.23. The summed E-state index contributed by atoms with van der Waals surface area (Å²) in [5, 5.41) is 4.27. The number of carbonyl (C=O) groups excluding carboxylic acids is 2. The number of H-pyrrole nitrogens is 1. The highest BCUT2D eigenvalue weighted by Gasteiger charge is 2.35. The Kier molecular flexibility index (Phi) is 5.50. The van der Waals surface area contributed by atoms with Gasteiger partial charge >= 0.3 is 0 Å². The van der Waals surface area contributed by atoms with Crippen LogP contribution in [0.1, 0.15) is 40.4 Å². The molecule has 162 valence electrons. The summed E-state index contributed by atoms with van der Waals surface area (Å²) in [5.74, 6) is -0.0929. The number of likely N-dealkylation sites (tertiary alicyclic amines) is 1. The highest BCUT2D eigenvalue weighted by atomic mass is 16.3. The predicted octanol–water partition coefficient (Wildman–Crippen LogP) is 4.31. The monoisotopic (exact) mass is 427 g/mol. The van der Waals surface area contributed by atoms with E-state index in [0.717, 1.165) is 28.5 Å². The van der Waals surface area contributed by atoms with Crippen molar-refractivity contribution in [2.24, 2.45) is 0 Å². The van der Waals surface area contributed by atoms with Crippen LogP contribution >= 0.6 is 0 Å². The molecule has 5 rings (SSSR count). The SMILES string of the molecule is O=C(NC[C@H](c1ccccc1)c1c[nH]c2ccccc12)[C@@H]1CCCN1C(=O)c1ccco1. The van der Waals surface area contributed by atoms with Crippen molar-refractivity contribution in [2.75, 3.05) is 13.1 Å². The van der Waals surface area contributed by atoms with E-state index in [9.17, 15) is 9.59 Å². The van der Waals surface area contributed by atoms with Crippen LogP contribution in [0.3, 0.4) is 0 Å². The summed E-state index contributed by atoms with van der Waals surface area (Å²) < 4.78 is 5.26. The molecule has 0 radical (unpaired) electrons. The zero-order chi connectivity index (χ0) is 21.9. The van der Waals surface area contributed by atoms with E-state index in [4.69, 9.17) is 4.42 Å². The molecule has 1 aliphatic heterocycles. The van der Waals surface area contributed by atoms with Gasteiger partial charge in [0.15, 0.2) is 5.76 Å². The quantitative estimate of drug-likeness (QED) is 0.481. The van der Waals surface area contributed by atoms with Crippen LogP contribution < -0.4 is 5.32 Å². The molecule has 32 heavy (non-hydrogen) atoms. The number of fused-ring (bicyclic) bond motifs is 1. The molecule has 0 unspecified atom stereocenters. The second-order valence-corrected chi connectivity index (χ2v) is 8.13. The lowest BCUT2D eigenvalue weighted by Crippen LogP contribution is -2.46. The van der Waals surface area contributed by atoms with Crippen LogP contribution in [0.2, 0.25) is 0 Å². The second kappa shape index (κ2) is 8.75. The van der Waals surface area contributed by atoms with Gasteiger partial charge in [-0.05, 0) is 42.2 Å². The first-order valence-corrected chi connectivity index (χ1v) is 11.0. The largest absolute Gasteiger partial charge is 0.459 e. The highest BCUT2D eigenvalue weighted by Crippen LogP contribution is 2.30.